The highest BCUT2D eigenvalue weighted by Crippen LogP contribution is 2.21. The smallest absolute Gasteiger partial charge is 0.125 e. The van der Waals surface area contributed by atoms with Crippen molar-refractivity contribution in [2.45, 2.75) is 13.2 Å². The third-order valence-corrected chi connectivity index (χ3v) is 2.90. The minimum Gasteiger partial charge on any atom is -0.489 e. The number of rotatable bonds is 4. The van der Waals surface area contributed by atoms with Crippen LogP contribution < -0.4 is 4.74 Å². The predicted molar refractivity (Wildman–Crippen MR) is 61.0 cm³/mol. The Hall–Kier alpha value is -1.39. The Morgan fingerprint density at radius 1 is 1.31 bits per heavy atom. The molecule has 1 aromatic heterocycles. The van der Waals surface area contributed by atoms with Crippen molar-refractivity contribution in [2.75, 3.05) is 0 Å². The summed E-state index contributed by atoms with van der Waals surface area (Å²) in [6.45, 7) is 0.207. The van der Waals surface area contributed by atoms with E-state index >= 15 is 0 Å². The average molecular weight is 238 g/mol. The van der Waals surface area contributed by atoms with Gasteiger partial charge < -0.3 is 9.84 Å². The van der Waals surface area contributed by atoms with Crippen molar-refractivity contribution in [1.29, 1.82) is 0 Å². The fourth-order valence-electron chi connectivity index (χ4n) is 1.35. The molecule has 0 bridgehead atoms. The van der Waals surface area contributed by atoms with Crippen molar-refractivity contribution in [1.82, 2.24) is 0 Å². The van der Waals surface area contributed by atoms with Crippen LogP contribution >= 0.6 is 11.3 Å². The van der Waals surface area contributed by atoms with E-state index in [4.69, 9.17) is 9.84 Å². The van der Waals surface area contributed by atoms with Crippen LogP contribution in [-0.4, -0.2) is 5.11 Å². The normalized spacial score (nSPS) is 10.4. The lowest BCUT2D eigenvalue weighted by Crippen LogP contribution is -1.98. The Morgan fingerprint density at radius 3 is 2.88 bits per heavy atom. The molecule has 0 aliphatic rings. The molecule has 0 saturated carbocycles. The molecule has 2 aromatic rings. The number of hydrogen-bond acceptors (Lipinski definition) is 3. The molecule has 84 valence electrons. The summed E-state index contributed by atoms with van der Waals surface area (Å²) in [6.07, 6.45) is 0. The first-order valence-electron chi connectivity index (χ1n) is 4.83. The van der Waals surface area contributed by atoms with E-state index in [1.165, 1.54) is 18.2 Å². The van der Waals surface area contributed by atoms with Gasteiger partial charge in [0.1, 0.15) is 18.2 Å². The molecule has 0 atom stereocenters. The zero-order chi connectivity index (χ0) is 11.4. The zero-order valence-corrected chi connectivity index (χ0v) is 9.34. The fraction of sp³-hybridized carbons (Fsp3) is 0.167. The van der Waals surface area contributed by atoms with Gasteiger partial charge in [0, 0.05) is 5.56 Å². The summed E-state index contributed by atoms with van der Waals surface area (Å²) in [6, 6.07) is 6.10. The Morgan fingerprint density at radius 2 is 2.19 bits per heavy atom. The first-order valence-corrected chi connectivity index (χ1v) is 5.77. The molecule has 0 unspecified atom stereocenters. The lowest BCUT2D eigenvalue weighted by molar-refractivity contribution is 0.258. The molecule has 0 aliphatic carbocycles. The van der Waals surface area contributed by atoms with E-state index in [1.807, 2.05) is 16.8 Å². The second-order valence-corrected chi connectivity index (χ2v) is 4.11. The Labute approximate surface area is 96.9 Å². The summed E-state index contributed by atoms with van der Waals surface area (Å²) in [7, 11) is 0. The molecule has 1 aromatic carbocycles. The van der Waals surface area contributed by atoms with Gasteiger partial charge in [0.15, 0.2) is 0 Å². The number of hydrogen-bond donors (Lipinski definition) is 1. The lowest BCUT2D eigenvalue weighted by Gasteiger charge is -2.09. The molecule has 16 heavy (non-hydrogen) atoms. The molecule has 0 spiro atoms. The highest BCUT2D eigenvalue weighted by molar-refractivity contribution is 7.07. The monoisotopic (exact) mass is 238 g/mol. The van der Waals surface area contributed by atoms with Crippen LogP contribution in [0.25, 0.3) is 0 Å². The van der Waals surface area contributed by atoms with Crippen molar-refractivity contribution in [3.8, 4) is 5.75 Å². The van der Waals surface area contributed by atoms with Gasteiger partial charge in [0.05, 0.1) is 6.61 Å². The van der Waals surface area contributed by atoms with Crippen LogP contribution in [0.1, 0.15) is 11.1 Å². The van der Waals surface area contributed by atoms with Crippen LogP contribution in [0, 0.1) is 5.82 Å². The number of aliphatic hydroxyl groups is 1. The predicted octanol–water partition coefficient (Wildman–Crippen LogP) is 2.96. The second kappa shape index (κ2) is 5.09. The number of benzene rings is 1. The molecule has 1 N–H and O–H groups in total. The summed E-state index contributed by atoms with van der Waals surface area (Å²) >= 11 is 1.60. The van der Waals surface area contributed by atoms with Crippen LogP contribution in [0.5, 0.6) is 5.75 Å². The average Bonchev–Trinajstić information content (AvgIpc) is 2.80. The number of aliphatic hydroxyl groups excluding tert-OH is 1. The maximum absolute atomic E-state index is 12.9. The number of halogens is 1. The van der Waals surface area contributed by atoms with Crippen molar-refractivity contribution in [3.63, 3.8) is 0 Å². The standard InChI is InChI=1S/C12H11FO2S/c13-11-1-2-12(10(5-11)6-14)15-7-9-3-4-16-8-9/h1-5,8,14H,6-7H2. The molecule has 1 heterocycles. The van der Waals surface area contributed by atoms with Gasteiger partial charge in [-0.1, -0.05) is 0 Å². The van der Waals surface area contributed by atoms with E-state index in [9.17, 15) is 4.39 Å². The highest BCUT2D eigenvalue weighted by atomic mass is 32.1. The van der Waals surface area contributed by atoms with Crippen LogP contribution in [0.15, 0.2) is 35.0 Å². The summed E-state index contributed by atoms with van der Waals surface area (Å²) in [5.74, 6) is 0.155. The molecule has 0 fully saturated rings. The highest BCUT2D eigenvalue weighted by Gasteiger charge is 2.04. The maximum atomic E-state index is 12.9. The van der Waals surface area contributed by atoms with E-state index in [1.54, 1.807) is 11.3 Å². The SMILES string of the molecule is OCc1cc(F)ccc1OCc1ccsc1. The first kappa shape index (κ1) is 11.1. The summed E-state index contributed by atoms with van der Waals surface area (Å²) in [5.41, 5.74) is 1.54. The van der Waals surface area contributed by atoms with Gasteiger partial charge in [-0.25, -0.2) is 4.39 Å². The van der Waals surface area contributed by atoms with Crippen LogP contribution in [0.3, 0.4) is 0 Å². The molecule has 0 aliphatic heterocycles. The van der Waals surface area contributed by atoms with Crippen LogP contribution in [0.2, 0.25) is 0 Å². The van der Waals surface area contributed by atoms with Crippen LogP contribution in [0.4, 0.5) is 4.39 Å². The van der Waals surface area contributed by atoms with Crippen LogP contribution in [-0.2, 0) is 13.2 Å². The van der Waals surface area contributed by atoms with Crippen molar-refractivity contribution in [2.24, 2.45) is 0 Å². The third-order valence-electron chi connectivity index (χ3n) is 2.17. The molecular weight excluding hydrogens is 227 g/mol. The molecule has 2 nitrogen and oxygen atoms in total. The van der Waals surface area contributed by atoms with Gasteiger partial charge in [-0.2, -0.15) is 11.3 Å². The largest absolute Gasteiger partial charge is 0.489 e. The van der Waals surface area contributed by atoms with Gasteiger partial charge in [-0.15, -0.1) is 0 Å². The molecule has 2 rings (SSSR count). The fourth-order valence-corrected chi connectivity index (χ4v) is 2.00. The maximum Gasteiger partial charge on any atom is 0.125 e. The van der Waals surface area contributed by atoms with E-state index in [-0.39, 0.29) is 12.4 Å². The van der Waals surface area contributed by atoms with Gasteiger partial charge >= 0.3 is 0 Å². The Balaban J connectivity index is 2.09. The topological polar surface area (TPSA) is 29.5 Å². The molecule has 0 saturated heterocycles. The Kier molecular flexibility index (Phi) is 3.54. The molecular formula is C12H11FO2S. The van der Waals surface area contributed by atoms with Crippen molar-refractivity contribution < 1.29 is 14.2 Å². The van der Waals surface area contributed by atoms with Crippen molar-refractivity contribution in [3.05, 3.63) is 52.0 Å². The molecule has 0 amide bonds. The van der Waals surface area contributed by atoms with Gasteiger partial charge in [-0.05, 0) is 40.6 Å². The molecule has 0 radical (unpaired) electrons. The number of thiophene rings is 1. The minimum atomic E-state index is -0.369. The van der Waals surface area contributed by atoms with Gasteiger partial charge in [0.25, 0.3) is 0 Å². The zero-order valence-electron chi connectivity index (χ0n) is 8.52. The second-order valence-electron chi connectivity index (χ2n) is 3.33. The van der Waals surface area contributed by atoms with E-state index in [0.29, 0.717) is 17.9 Å². The summed E-state index contributed by atoms with van der Waals surface area (Å²) in [4.78, 5) is 0. The van der Waals surface area contributed by atoms with Crippen molar-refractivity contribution >= 4 is 11.3 Å². The summed E-state index contributed by atoms with van der Waals surface area (Å²) < 4.78 is 18.4. The van der Waals surface area contributed by atoms with E-state index in [2.05, 4.69) is 0 Å². The molecule has 4 heteroatoms. The van der Waals surface area contributed by atoms with Gasteiger partial charge in [-0.3, -0.25) is 0 Å². The van der Waals surface area contributed by atoms with E-state index in [0.717, 1.165) is 5.56 Å². The number of ether oxygens (including phenoxy) is 1. The minimum absolute atomic E-state index is 0.225. The quantitative estimate of drug-likeness (QED) is 0.887. The third kappa shape index (κ3) is 2.59. The lowest BCUT2D eigenvalue weighted by atomic mass is 10.2. The van der Waals surface area contributed by atoms with E-state index < -0.39 is 0 Å². The first-order chi connectivity index (χ1) is 7.79. The summed E-state index contributed by atoms with van der Waals surface area (Å²) in [5, 5.41) is 13.0. The Bertz CT molecular complexity index is 454. The van der Waals surface area contributed by atoms with Gasteiger partial charge in [0.2, 0.25) is 0 Å².